The molecule has 7 nitrogen and oxygen atoms in total. The molecule has 1 fully saturated rings. The molecule has 0 saturated carbocycles. The van der Waals surface area contributed by atoms with Gasteiger partial charge in [0.05, 0.1) is 18.8 Å². The highest BCUT2D eigenvalue weighted by atomic mass is 16.5. The lowest BCUT2D eigenvalue weighted by Gasteiger charge is -2.35. The zero-order valence-electron chi connectivity index (χ0n) is 14.3. The van der Waals surface area contributed by atoms with Gasteiger partial charge in [0.15, 0.2) is 11.5 Å². The fraction of sp³-hybridized carbons (Fsp3) is 0.389. The second kappa shape index (κ2) is 7.48. The average molecular weight is 343 g/mol. The molecule has 7 heteroatoms. The van der Waals surface area contributed by atoms with Crippen LogP contribution in [0.15, 0.2) is 40.9 Å². The minimum atomic E-state index is -0.436. The van der Waals surface area contributed by atoms with Gasteiger partial charge in [0.1, 0.15) is 0 Å². The molecule has 2 heterocycles. The number of nitrogens with zero attached hydrogens (tertiary/aromatic N) is 2. The summed E-state index contributed by atoms with van der Waals surface area (Å²) < 4.78 is 10.8. The van der Waals surface area contributed by atoms with Crippen molar-refractivity contribution in [3.63, 3.8) is 0 Å². The van der Waals surface area contributed by atoms with Crippen molar-refractivity contribution in [3.05, 3.63) is 42.1 Å². The van der Waals surface area contributed by atoms with Crippen molar-refractivity contribution in [3.8, 4) is 11.3 Å². The molecule has 1 aliphatic heterocycles. The first kappa shape index (κ1) is 17.2. The van der Waals surface area contributed by atoms with Crippen LogP contribution in [0.25, 0.3) is 11.3 Å². The topological polar surface area (TPSA) is 84.7 Å². The molecule has 25 heavy (non-hydrogen) atoms. The Morgan fingerprint density at radius 2 is 1.88 bits per heavy atom. The van der Waals surface area contributed by atoms with E-state index in [4.69, 9.17) is 9.26 Å². The summed E-state index contributed by atoms with van der Waals surface area (Å²) in [7, 11) is 0. The predicted molar refractivity (Wildman–Crippen MR) is 90.9 cm³/mol. The number of carbonyl (C=O) groups excluding carboxylic acids is 2. The Labute approximate surface area is 145 Å². The van der Waals surface area contributed by atoms with Crippen LogP contribution in [-0.4, -0.2) is 53.7 Å². The average Bonchev–Trinajstić information content (AvgIpc) is 3.09. The molecule has 0 bridgehead atoms. The van der Waals surface area contributed by atoms with Gasteiger partial charge in [-0.25, -0.2) is 0 Å². The van der Waals surface area contributed by atoms with Crippen molar-refractivity contribution in [2.75, 3.05) is 19.6 Å². The van der Waals surface area contributed by atoms with Crippen LogP contribution < -0.4 is 5.32 Å². The highest BCUT2D eigenvalue weighted by molar-refractivity contribution is 5.95. The van der Waals surface area contributed by atoms with E-state index in [0.29, 0.717) is 18.8 Å². The Balaban J connectivity index is 1.56. The molecule has 0 aliphatic carbocycles. The maximum Gasteiger partial charge on any atom is 0.273 e. The van der Waals surface area contributed by atoms with E-state index in [-0.39, 0.29) is 30.4 Å². The first-order chi connectivity index (χ1) is 12.0. The number of benzene rings is 1. The number of morpholine rings is 1. The molecule has 1 aliphatic rings. The number of hydrogen-bond acceptors (Lipinski definition) is 5. The molecule has 1 aromatic carbocycles. The number of amides is 2. The quantitative estimate of drug-likeness (QED) is 0.913. The minimum absolute atomic E-state index is 0.00706. The van der Waals surface area contributed by atoms with Gasteiger partial charge in [-0.15, -0.1) is 0 Å². The molecule has 1 saturated heterocycles. The number of aromatic nitrogens is 1. The van der Waals surface area contributed by atoms with Crippen LogP contribution >= 0.6 is 0 Å². The zero-order valence-corrected chi connectivity index (χ0v) is 14.3. The van der Waals surface area contributed by atoms with Crippen LogP contribution in [0.4, 0.5) is 0 Å². The lowest BCUT2D eigenvalue weighted by Crippen LogP contribution is -2.51. The highest BCUT2D eigenvalue weighted by Gasteiger charge is 2.26. The van der Waals surface area contributed by atoms with Gasteiger partial charge in [0.2, 0.25) is 5.91 Å². The fourth-order valence-corrected chi connectivity index (χ4v) is 2.86. The predicted octanol–water partition coefficient (Wildman–Crippen LogP) is 1.71. The molecule has 132 valence electrons. The third kappa shape index (κ3) is 4.24. The molecule has 1 aromatic heterocycles. The van der Waals surface area contributed by atoms with E-state index >= 15 is 0 Å². The smallest absolute Gasteiger partial charge is 0.273 e. The van der Waals surface area contributed by atoms with Crippen molar-refractivity contribution >= 4 is 11.8 Å². The molecule has 2 unspecified atom stereocenters. The Morgan fingerprint density at radius 1 is 1.20 bits per heavy atom. The van der Waals surface area contributed by atoms with Gasteiger partial charge in [-0.3, -0.25) is 9.59 Å². The SMILES string of the molecule is CC1CN(C(=O)CNC(=O)c2cc(-c3ccccc3)on2)CC(C)O1. The van der Waals surface area contributed by atoms with E-state index < -0.39 is 5.91 Å². The Morgan fingerprint density at radius 3 is 2.56 bits per heavy atom. The van der Waals surface area contributed by atoms with E-state index in [1.165, 1.54) is 0 Å². The largest absolute Gasteiger partial charge is 0.372 e. The van der Waals surface area contributed by atoms with Crippen LogP contribution in [-0.2, 0) is 9.53 Å². The summed E-state index contributed by atoms with van der Waals surface area (Å²) in [4.78, 5) is 26.1. The fourth-order valence-electron chi connectivity index (χ4n) is 2.86. The normalized spacial score (nSPS) is 20.3. The van der Waals surface area contributed by atoms with Gasteiger partial charge >= 0.3 is 0 Å². The van der Waals surface area contributed by atoms with Crippen molar-refractivity contribution in [1.29, 1.82) is 0 Å². The van der Waals surface area contributed by atoms with Crippen LogP contribution in [0.1, 0.15) is 24.3 Å². The second-order valence-corrected chi connectivity index (χ2v) is 6.18. The third-order valence-electron chi connectivity index (χ3n) is 3.97. The van der Waals surface area contributed by atoms with Crippen LogP contribution in [0, 0.1) is 0 Å². The standard InChI is InChI=1S/C18H21N3O4/c1-12-10-21(11-13(2)24-12)17(22)9-19-18(23)15-8-16(25-20-15)14-6-4-3-5-7-14/h3-8,12-13H,9-11H2,1-2H3,(H,19,23). The Hall–Kier alpha value is -2.67. The summed E-state index contributed by atoms with van der Waals surface area (Å²) in [6.45, 7) is 4.83. The van der Waals surface area contributed by atoms with Gasteiger partial charge in [0, 0.05) is 24.7 Å². The molecule has 2 atom stereocenters. The van der Waals surface area contributed by atoms with Gasteiger partial charge in [-0.05, 0) is 13.8 Å². The van der Waals surface area contributed by atoms with Gasteiger partial charge < -0.3 is 19.5 Å². The van der Waals surface area contributed by atoms with Gasteiger partial charge in [0.25, 0.3) is 5.91 Å². The van der Waals surface area contributed by atoms with E-state index in [0.717, 1.165) is 5.56 Å². The number of ether oxygens (including phenoxy) is 1. The molecule has 0 spiro atoms. The minimum Gasteiger partial charge on any atom is -0.372 e. The van der Waals surface area contributed by atoms with E-state index in [1.54, 1.807) is 11.0 Å². The summed E-state index contributed by atoms with van der Waals surface area (Å²) in [5, 5.41) is 6.37. The summed E-state index contributed by atoms with van der Waals surface area (Å²) >= 11 is 0. The summed E-state index contributed by atoms with van der Waals surface area (Å²) in [5.74, 6) is -0.0660. The molecule has 2 amide bonds. The van der Waals surface area contributed by atoms with Crippen LogP contribution in [0.3, 0.4) is 0 Å². The third-order valence-corrected chi connectivity index (χ3v) is 3.97. The maximum atomic E-state index is 12.3. The molecule has 3 rings (SSSR count). The van der Waals surface area contributed by atoms with Crippen molar-refractivity contribution in [2.45, 2.75) is 26.1 Å². The second-order valence-electron chi connectivity index (χ2n) is 6.18. The van der Waals surface area contributed by atoms with Crippen molar-refractivity contribution in [1.82, 2.24) is 15.4 Å². The van der Waals surface area contributed by atoms with Crippen LogP contribution in [0.2, 0.25) is 0 Å². The van der Waals surface area contributed by atoms with E-state index in [2.05, 4.69) is 10.5 Å². The summed E-state index contributed by atoms with van der Waals surface area (Å²) in [6.07, 6.45) is -0.0141. The number of nitrogens with one attached hydrogen (secondary N) is 1. The molecule has 2 aromatic rings. The summed E-state index contributed by atoms with van der Waals surface area (Å²) in [6, 6.07) is 10.9. The number of carbonyl (C=O) groups is 2. The molecular formula is C18H21N3O4. The maximum absolute atomic E-state index is 12.3. The van der Waals surface area contributed by atoms with E-state index in [9.17, 15) is 9.59 Å². The molecule has 1 N–H and O–H groups in total. The van der Waals surface area contributed by atoms with Gasteiger partial charge in [-0.1, -0.05) is 35.5 Å². The number of rotatable bonds is 4. The lowest BCUT2D eigenvalue weighted by molar-refractivity contribution is -0.142. The van der Waals surface area contributed by atoms with Crippen LogP contribution in [0.5, 0.6) is 0 Å². The molecule has 0 radical (unpaired) electrons. The first-order valence-electron chi connectivity index (χ1n) is 8.26. The summed E-state index contributed by atoms with van der Waals surface area (Å²) in [5.41, 5.74) is 0.983. The van der Waals surface area contributed by atoms with Gasteiger partial charge in [-0.2, -0.15) is 0 Å². The molecular weight excluding hydrogens is 322 g/mol. The Bertz CT molecular complexity index is 734. The van der Waals surface area contributed by atoms with Crippen molar-refractivity contribution in [2.24, 2.45) is 0 Å². The lowest BCUT2D eigenvalue weighted by atomic mass is 10.1. The first-order valence-corrected chi connectivity index (χ1v) is 8.26. The number of hydrogen-bond donors (Lipinski definition) is 1. The highest BCUT2D eigenvalue weighted by Crippen LogP contribution is 2.19. The van der Waals surface area contributed by atoms with E-state index in [1.807, 2.05) is 44.2 Å². The van der Waals surface area contributed by atoms with Crippen molar-refractivity contribution < 1.29 is 18.8 Å². The monoisotopic (exact) mass is 343 g/mol. The Kier molecular flexibility index (Phi) is 5.14. The zero-order chi connectivity index (χ0) is 17.8.